The Morgan fingerprint density at radius 1 is 1.50 bits per heavy atom. The summed E-state index contributed by atoms with van der Waals surface area (Å²) in [6, 6.07) is 1.40. The first-order valence-electron chi connectivity index (χ1n) is 5.61. The van der Waals surface area contributed by atoms with E-state index >= 15 is 0 Å². The number of hydrogen-bond donors (Lipinski definition) is 2. The number of aryl methyl sites for hydroxylation is 1. The summed E-state index contributed by atoms with van der Waals surface area (Å²) in [6.07, 6.45) is -0.0137. The van der Waals surface area contributed by atoms with Crippen LogP contribution in [0.3, 0.4) is 0 Å². The zero-order chi connectivity index (χ0) is 13.7. The predicted molar refractivity (Wildman–Crippen MR) is 63.3 cm³/mol. The SMILES string of the molecule is Cc1oc(CNC(=O)COC(C)C)cc1C(=O)O. The Hall–Kier alpha value is -1.82. The van der Waals surface area contributed by atoms with Crippen molar-refractivity contribution in [1.82, 2.24) is 5.32 Å². The molecule has 1 rings (SSSR count). The topological polar surface area (TPSA) is 88.8 Å². The highest BCUT2D eigenvalue weighted by atomic mass is 16.5. The highest BCUT2D eigenvalue weighted by Gasteiger charge is 2.14. The van der Waals surface area contributed by atoms with Gasteiger partial charge in [-0.1, -0.05) is 0 Å². The van der Waals surface area contributed by atoms with Crippen molar-refractivity contribution in [3.05, 3.63) is 23.2 Å². The lowest BCUT2D eigenvalue weighted by Crippen LogP contribution is -2.28. The molecule has 0 fully saturated rings. The molecule has 1 heterocycles. The molecule has 1 aromatic heterocycles. The van der Waals surface area contributed by atoms with E-state index in [1.165, 1.54) is 6.07 Å². The number of hydrogen-bond acceptors (Lipinski definition) is 4. The zero-order valence-electron chi connectivity index (χ0n) is 10.6. The average molecular weight is 255 g/mol. The molecule has 1 amide bonds. The Kier molecular flexibility index (Phi) is 4.91. The van der Waals surface area contributed by atoms with Crippen molar-refractivity contribution in [3.63, 3.8) is 0 Å². The first kappa shape index (κ1) is 14.2. The first-order valence-corrected chi connectivity index (χ1v) is 5.61. The number of carbonyl (C=O) groups is 2. The van der Waals surface area contributed by atoms with Crippen molar-refractivity contribution in [1.29, 1.82) is 0 Å². The molecule has 0 aliphatic heterocycles. The molecule has 18 heavy (non-hydrogen) atoms. The minimum atomic E-state index is -1.04. The molecule has 0 aromatic carbocycles. The van der Waals surface area contributed by atoms with Gasteiger partial charge < -0.3 is 19.6 Å². The van der Waals surface area contributed by atoms with Gasteiger partial charge in [-0.3, -0.25) is 4.79 Å². The van der Waals surface area contributed by atoms with E-state index in [2.05, 4.69) is 5.32 Å². The van der Waals surface area contributed by atoms with Crippen molar-refractivity contribution in [2.24, 2.45) is 0 Å². The number of carbonyl (C=O) groups excluding carboxylic acids is 1. The highest BCUT2D eigenvalue weighted by molar-refractivity contribution is 5.88. The Balaban J connectivity index is 2.46. The molecule has 0 aliphatic carbocycles. The van der Waals surface area contributed by atoms with E-state index < -0.39 is 5.97 Å². The van der Waals surface area contributed by atoms with E-state index in [0.29, 0.717) is 11.5 Å². The second-order valence-corrected chi connectivity index (χ2v) is 4.12. The van der Waals surface area contributed by atoms with Gasteiger partial charge in [0.15, 0.2) is 0 Å². The molecule has 6 nitrogen and oxygen atoms in total. The summed E-state index contributed by atoms with van der Waals surface area (Å²) in [7, 11) is 0. The van der Waals surface area contributed by atoms with Crippen LogP contribution in [0.1, 0.15) is 35.7 Å². The van der Waals surface area contributed by atoms with E-state index in [1.54, 1.807) is 6.92 Å². The Bertz CT molecular complexity index is 436. The molecular formula is C12H17NO5. The van der Waals surface area contributed by atoms with Crippen LogP contribution >= 0.6 is 0 Å². The third kappa shape index (κ3) is 4.21. The quantitative estimate of drug-likeness (QED) is 0.800. The maximum Gasteiger partial charge on any atom is 0.339 e. The van der Waals surface area contributed by atoms with Crippen LogP contribution in [0.2, 0.25) is 0 Å². The van der Waals surface area contributed by atoms with Crippen LogP contribution < -0.4 is 5.32 Å². The minimum Gasteiger partial charge on any atom is -0.478 e. The van der Waals surface area contributed by atoms with E-state index in [1.807, 2.05) is 13.8 Å². The fourth-order valence-corrected chi connectivity index (χ4v) is 1.32. The average Bonchev–Trinajstić information content (AvgIpc) is 2.65. The second-order valence-electron chi connectivity index (χ2n) is 4.12. The number of carboxylic acids is 1. The summed E-state index contributed by atoms with van der Waals surface area (Å²) in [6.45, 7) is 5.36. The molecule has 0 saturated carbocycles. The molecule has 100 valence electrons. The van der Waals surface area contributed by atoms with E-state index in [4.69, 9.17) is 14.3 Å². The number of furan rings is 1. The molecule has 0 unspecified atom stereocenters. The van der Waals surface area contributed by atoms with E-state index in [9.17, 15) is 9.59 Å². The predicted octanol–water partition coefficient (Wildman–Crippen LogP) is 1.33. The normalized spacial score (nSPS) is 10.7. The van der Waals surface area contributed by atoms with Gasteiger partial charge >= 0.3 is 5.97 Å². The number of aromatic carboxylic acids is 1. The van der Waals surface area contributed by atoms with Crippen molar-refractivity contribution in [3.8, 4) is 0 Å². The van der Waals surface area contributed by atoms with Crippen LogP contribution in [0.15, 0.2) is 10.5 Å². The number of ether oxygens (including phenoxy) is 1. The maximum atomic E-state index is 11.4. The lowest BCUT2D eigenvalue weighted by atomic mass is 10.2. The van der Waals surface area contributed by atoms with Gasteiger partial charge in [0.25, 0.3) is 0 Å². The zero-order valence-corrected chi connectivity index (χ0v) is 10.6. The van der Waals surface area contributed by atoms with E-state index in [0.717, 1.165) is 0 Å². The van der Waals surface area contributed by atoms with Crippen LogP contribution in [0.4, 0.5) is 0 Å². The maximum absolute atomic E-state index is 11.4. The van der Waals surface area contributed by atoms with Crippen LogP contribution in [0, 0.1) is 6.92 Å². The first-order chi connectivity index (χ1) is 8.40. The summed E-state index contributed by atoms with van der Waals surface area (Å²) in [5.74, 6) is -0.584. The van der Waals surface area contributed by atoms with Crippen molar-refractivity contribution >= 4 is 11.9 Å². The van der Waals surface area contributed by atoms with Gasteiger partial charge in [0.1, 0.15) is 23.7 Å². The summed E-state index contributed by atoms with van der Waals surface area (Å²) < 4.78 is 10.3. The number of nitrogens with one attached hydrogen (secondary N) is 1. The molecular weight excluding hydrogens is 238 g/mol. The smallest absolute Gasteiger partial charge is 0.339 e. The molecule has 0 saturated heterocycles. The van der Waals surface area contributed by atoms with Gasteiger partial charge in [0, 0.05) is 0 Å². The fourth-order valence-electron chi connectivity index (χ4n) is 1.32. The Morgan fingerprint density at radius 2 is 2.17 bits per heavy atom. The number of amides is 1. The molecule has 1 aromatic rings. The summed E-state index contributed by atoms with van der Waals surface area (Å²) in [5, 5.41) is 11.4. The fraction of sp³-hybridized carbons (Fsp3) is 0.500. The number of carboxylic acid groups (broad SMARTS) is 1. The van der Waals surface area contributed by atoms with Crippen LogP contribution in [0.5, 0.6) is 0 Å². The molecule has 0 atom stereocenters. The van der Waals surface area contributed by atoms with Crippen LogP contribution in [-0.4, -0.2) is 29.7 Å². The van der Waals surface area contributed by atoms with Gasteiger partial charge in [-0.05, 0) is 26.8 Å². The third-order valence-electron chi connectivity index (χ3n) is 2.21. The summed E-state index contributed by atoms with van der Waals surface area (Å²) >= 11 is 0. The largest absolute Gasteiger partial charge is 0.478 e. The Labute approximate surface area is 105 Å². The Morgan fingerprint density at radius 3 is 2.67 bits per heavy atom. The molecule has 0 radical (unpaired) electrons. The monoisotopic (exact) mass is 255 g/mol. The van der Waals surface area contributed by atoms with Crippen LogP contribution in [-0.2, 0) is 16.1 Å². The molecule has 0 spiro atoms. The van der Waals surface area contributed by atoms with E-state index in [-0.39, 0.29) is 30.7 Å². The minimum absolute atomic E-state index is 0.0137. The lowest BCUT2D eigenvalue weighted by molar-refractivity contribution is -0.127. The third-order valence-corrected chi connectivity index (χ3v) is 2.21. The number of rotatable bonds is 6. The lowest BCUT2D eigenvalue weighted by Gasteiger charge is -2.07. The highest BCUT2D eigenvalue weighted by Crippen LogP contribution is 2.14. The summed E-state index contributed by atoms with van der Waals surface area (Å²) in [5.41, 5.74) is 0.109. The van der Waals surface area contributed by atoms with Gasteiger partial charge in [-0.2, -0.15) is 0 Å². The van der Waals surface area contributed by atoms with Crippen molar-refractivity contribution in [2.75, 3.05) is 6.61 Å². The van der Waals surface area contributed by atoms with Crippen molar-refractivity contribution in [2.45, 2.75) is 33.4 Å². The van der Waals surface area contributed by atoms with Crippen LogP contribution in [0.25, 0.3) is 0 Å². The summed E-state index contributed by atoms with van der Waals surface area (Å²) in [4.78, 5) is 22.1. The van der Waals surface area contributed by atoms with Gasteiger partial charge in [0.2, 0.25) is 5.91 Å². The van der Waals surface area contributed by atoms with Gasteiger partial charge in [0.05, 0.1) is 12.6 Å². The van der Waals surface area contributed by atoms with Crippen molar-refractivity contribution < 1.29 is 23.8 Å². The van der Waals surface area contributed by atoms with Gasteiger partial charge in [-0.15, -0.1) is 0 Å². The molecule has 2 N–H and O–H groups in total. The standard InChI is InChI=1S/C12H17NO5/c1-7(2)17-6-11(14)13-5-9-4-10(12(15)16)8(3)18-9/h4,7H,5-6H2,1-3H3,(H,13,14)(H,15,16). The molecule has 0 bridgehead atoms. The molecule has 0 aliphatic rings. The second kappa shape index (κ2) is 6.20. The molecule has 6 heteroatoms. The van der Waals surface area contributed by atoms with Gasteiger partial charge in [-0.25, -0.2) is 4.79 Å².